The van der Waals surface area contributed by atoms with Gasteiger partial charge in [0.1, 0.15) is 0 Å². The minimum absolute atomic E-state index is 0.269. The third-order valence-corrected chi connectivity index (χ3v) is 3.00. The fraction of sp³-hybridized carbons (Fsp3) is 0.273. The molecule has 1 aliphatic rings. The van der Waals surface area contributed by atoms with Gasteiger partial charge in [0.15, 0.2) is 5.82 Å². The number of hydrogen-bond acceptors (Lipinski definition) is 3. The predicted molar refractivity (Wildman–Crippen MR) is 55.8 cm³/mol. The first-order valence-corrected chi connectivity index (χ1v) is 5.38. The highest BCUT2D eigenvalue weighted by Crippen LogP contribution is 2.38. The maximum atomic E-state index is 5.62. The molecule has 15 heavy (non-hydrogen) atoms. The lowest BCUT2D eigenvalue weighted by atomic mass is 9.77. The van der Waals surface area contributed by atoms with Crippen molar-refractivity contribution in [3.05, 3.63) is 47.1 Å². The Labute approximate surface area is 92.1 Å². The van der Waals surface area contributed by atoms with E-state index in [1.807, 2.05) is 12.1 Å². The number of aromatic nitrogens is 2. The molecule has 4 heteroatoms. The van der Waals surface area contributed by atoms with Gasteiger partial charge in [-0.1, -0.05) is 29.4 Å². The molecule has 76 valence electrons. The van der Waals surface area contributed by atoms with Gasteiger partial charge in [-0.25, -0.2) is 0 Å². The van der Waals surface area contributed by atoms with Crippen molar-refractivity contribution in [2.24, 2.45) is 0 Å². The molecule has 0 saturated heterocycles. The number of alkyl halides is 1. The molecule has 0 spiro atoms. The summed E-state index contributed by atoms with van der Waals surface area (Å²) >= 11 is 5.62. The number of nitrogens with zero attached hydrogens (tertiary/aromatic N) is 2. The molecule has 1 unspecified atom stereocenters. The van der Waals surface area contributed by atoms with Crippen LogP contribution in [-0.4, -0.2) is 10.1 Å². The van der Waals surface area contributed by atoms with E-state index in [1.54, 1.807) is 0 Å². The van der Waals surface area contributed by atoms with E-state index in [4.69, 9.17) is 16.1 Å². The van der Waals surface area contributed by atoms with E-state index in [0.717, 1.165) is 6.42 Å². The molecule has 0 saturated carbocycles. The Morgan fingerprint density at radius 1 is 1.40 bits per heavy atom. The maximum Gasteiger partial charge on any atom is 0.234 e. The summed E-state index contributed by atoms with van der Waals surface area (Å²) in [4.78, 5) is 4.24. The molecule has 0 N–H and O–H groups in total. The van der Waals surface area contributed by atoms with Gasteiger partial charge < -0.3 is 4.52 Å². The van der Waals surface area contributed by atoms with Crippen LogP contribution in [0.2, 0.25) is 0 Å². The minimum atomic E-state index is 0.269. The van der Waals surface area contributed by atoms with Crippen molar-refractivity contribution in [2.75, 3.05) is 0 Å². The first-order chi connectivity index (χ1) is 7.38. The van der Waals surface area contributed by atoms with Gasteiger partial charge in [-0.15, -0.1) is 11.6 Å². The smallest absolute Gasteiger partial charge is 0.234 e. The van der Waals surface area contributed by atoms with Crippen LogP contribution in [-0.2, 0) is 12.3 Å². The molecule has 3 rings (SSSR count). The van der Waals surface area contributed by atoms with E-state index in [-0.39, 0.29) is 5.92 Å². The molecule has 0 amide bonds. The lowest BCUT2D eigenvalue weighted by molar-refractivity contribution is 0.353. The van der Waals surface area contributed by atoms with E-state index < -0.39 is 0 Å². The predicted octanol–water partition coefficient (Wildman–Crippen LogP) is 2.50. The Bertz CT molecular complexity index is 495. The van der Waals surface area contributed by atoms with E-state index in [2.05, 4.69) is 22.3 Å². The molecule has 3 nitrogen and oxygen atoms in total. The molecule has 1 aliphatic carbocycles. The average molecular weight is 221 g/mol. The van der Waals surface area contributed by atoms with Crippen molar-refractivity contribution in [3.63, 3.8) is 0 Å². The molecule has 0 fully saturated rings. The van der Waals surface area contributed by atoms with Gasteiger partial charge in [0, 0.05) is 0 Å². The summed E-state index contributed by atoms with van der Waals surface area (Å²) in [6.45, 7) is 0. The van der Waals surface area contributed by atoms with Crippen LogP contribution in [0.1, 0.15) is 28.8 Å². The second-order valence-electron chi connectivity index (χ2n) is 3.64. The summed E-state index contributed by atoms with van der Waals surface area (Å²) < 4.78 is 5.17. The highest BCUT2D eigenvalue weighted by molar-refractivity contribution is 6.16. The van der Waals surface area contributed by atoms with Crippen LogP contribution in [0, 0.1) is 0 Å². The van der Waals surface area contributed by atoms with Crippen molar-refractivity contribution in [3.8, 4) is 0 Å². The van der Waals surface area contributed by atoms with Crippen LogP contribution < -0.4 is 0 Å². The average Bonchev–Trinajstić information content (AvgIpc) is 2.68. The van der Waals surface area contributed by atoms with Crippen LogP contribution in [0.15, 0.2) is 28.8 Å². The maximum absolute atomic E-state index is 5.62. The van der Waals surface area contributed by atoms with Gasteiger partial charge in [-0.2, -0.15) is 4.98 Å². The Balaban J connectivity index is 1.93. The summed E-state index contributed by atoms with van der Waals surface area (Å²) in [7, 11) is 0. The first-order valence-electron chi connectivity index (χ1n) is 4.84. The third kappa shape index (κ3) is 1.35. The summed E-state index contributed by atoms with van der Waals surface area (Å²) in [5.74, 6) is 1.82. The quantitative estimate of drug-likeness (QED) is 0.730. The molecule has 0 radical (unpaired) electrons. The molecule has 2 aromatic rings. The van der Waals surface area contributed by atoms with E-state index in [1.165, 1.54) is 11.1 Å². The van der Waals surface area contributed by atoms with Crippen molar-refractivity contribution in [1.82, 2.24) is 10.1 Å². The number of rotatable bonds is 2. The Morgan fingerprint density at radius 2 is 2.27 bits per heavy atom. The van der Waals surface area contributed by atoms with Gasteiger partial charge in [-0.05, 0) is 17.5 Å². The Morgan fingerprint density at radius 3 is 3.00 bits per heavy atom. The molecule has 0 aliphatic heterocycles. The molecular formula is C11H9ClN2O. The molecule has 1 aromatic carbocycles. The summed E-state index contributed by atoms with van der Waals surface area (Å²) in [5.41, 5.74) is 2.66. The summed E-state index contributed by atoms with van der Waals surface area (Å²) in [6.07, 6.45) is 0.986. The van der Waals surface area contributed by atoms with Gasteiger partial charge >= 0.3 is 0 Å². The monoisotopic (exact) mass is 220 g/mol. The van der Waals surface area contributed by atoms with Crippen LogP contribution in [0.5, 0.6) is 0 Å². The molecular weight excluding hydrogens is 212 g/mol. The molecule has 1 atom stereocenters. The number of hydrogen-bond donors (Lipinski definition) is 0. The van der Waals surface area contributed by atoms with Crippen molar-refractivity contribution >= 4 is 11.6 Å². The summed E-state index contributed by atoms with van der Waals surface area (Å²) in [6, 6.07) is 8.32. The van der Waals surface area contributed by atoms with Crippen molar-refractivity contribution in [1.29, 1.82) is 0 Å². The number of halogens is 1. The van der Waals surface area contributed by atoms with Crippen molar-refractivity contribution in [2.45, 2.75) is 18.2 Å². The van der Waals surface area contributed by atoms with E-state index in [0.29, 0.717) is 17.6 Å². The standard InChI is InChI=1S/C11H9ClN2O/c12-6-10-13-11(15-14-10)9-5-7-3-1-2-4-8(7)9/h1-4,9H,5-6H2. The Hall–Kier alpha value is -1.35. The second-order valence-corrected chi connectivity index (χ2v) is 3.91. The topological polar surface area (TPSA) is 38.9 Å². The zero-order valence-electron chi connectivity index (χ0n) is 7.98. The minimum Gasteiger partial charge on any atom is -0.339 e. The third-order valence-electron chi connectivity index (χ3n) is 2.76. The zero-order chi connectivity index (χ0) is 10.3. The molecule has 1 heterocycles. The van der Waals surface area contributed by atoms with Gasteiger partial charge in [0.25, 0.3) is 0 Å². The lowest BCUT2D eigenvalue weighted by Crippen LogP contribution is -2.18. The normalized spacial score (nSPS) is 18.3. The van der Waals surface area contributed by atoms with E-state index in [9.17, 15) is 0 Å². The van der Waals surface area contributed by atoms with Crippen LogP contribution in [0.4, 0.5) is 0 Å². The van der Waals surface area contributed by atoms with Gasteiger partial charge in [0.2, 0.25) is 5.89 Å². The fourth-order valence-corrected chi connectivity index (χ4v) is 2.05. The summed E-state index contributed by atoms with van der Waals surface area (Å²) in [5, 5.41) is 3.79. The van der Waals surface area contributed by atoms with E-state index >= 15 is 0 Å². The van der Waals surface area contributed by atoms with Crippen LogP contribution in [0.25, 0.3) is 0 Å². The van der Waals surface area contributed by atoms with Crippen LogP contribution >= 0.6 is 11.6 Å². The fourth-order valence-electron chi connectivity index (χ4n) is 1.94. The second kappa shape index (κ2) is 3.35. The van der Waals surface area contributed by atoms with Gasteiger partial charge in [-0.3, -0.25) is 0 Å². The zero-order valence-corrected chi connectivity index (χ0v) is 8.74. The van der Waals surface area contributed by atoms with Crippen molar-refractivity contribution < 1.29 is 4.52 Å². The molecule has 0 bridgehead atoms. The highest BCUT2D eigenvalue weighted by atomic mass is 35.5. The van der Waals surface area contributed by atoms with Crippen LogP contribution in [0.3, 0.4) is 0 Å². The number of benzene rings is 1. The first kappa shape index (κ1) is 8.92. The highest BCUT2D eigenvalue weighted by Gasteiger charge is 2.31. The lowest BCUT2D eigenvalue weighted by Gasteiger charge is -2.26. The molecule has 1 aromatic heterocycles. The largest absolute Gasteiger partial charge is 0.339 e. The number of fused-ring (bicyclic) bond motifs is 1. The van der Waals surface area contributed by atoms with Gasteiger partial charge in [0.05, 0.1) is 11.8 Å². The Kier molecular flexibility index (Phi) is 1.99. The SMILES string of the molecule is ClCc1noc(C2Cc3ccccc32)n1.